The van der Waals surface area contributed by atoms with E-state index in [2.05, 4.69) is 34.6 Å². The fourth-order valence-corrected chi connectivity index (χ4v) is 3.47. The normalized spacial score (nSPS) is 40.1. The van der Waals surface area contributed by atoms with Crippen molar-refractivity contribution < 1.29 is 4.79 Å². The highest BCUT2D eigenvalue weighted by molar-refractivity contribution is 5.57. The molecule has 1 unspecified atom stereocenters. The Labute approximate surface area is 94.6 Å². The van der Waals surface area contributed by atoms with E-state index < -0.39 is 0 Å². The molecule has 0 radical (unpaired) electrons. The summed E-state index contributed by atoms with van der Waals surface area (Å²) in [4.78, 5) is 11.4. The van der Waals surface area contributed by atoms with Crippen molar-refractivity contribution in [3.63, 3.8) is 0 Å². The minimum absolute atomic E-state index is 0.171. The van der Waals surface area contributed by atoms with Gasteiger partial charge in [0.05, 0.1) is 0 Å². The Morgan fingerprint density at radius 3 is 2.40 bits per heavy atom. The maximum absolute atomic E-state index is 11.4. The van der Waals surface area contributed by atoms with E-state index >= 15 is 0 Å². The molecule has 0 saturated heterocycles. The topological polar surface area (TPSA) is 17.1 Å². The maximum Gasteiger partial charge on any atom is 0.124 e. The number of hydrogen-bond acceptors (Lipinski definition) is 1. The first-order chi connectivity index (χ1) is 6.88. The Balaban J connectivity index is 2.97. The van der Waals surface area contributed by atoms with Crippen molar-refractivity contribution in [3.8, 4) is 0 Å². The van der Waals surface area contributed by atoms with Crippen LogP contribution in [0, 0.1) is 22.7 Å². The van der Waals surface area contributed by atoms with Gasteiger partial charge in [-0.15, -0.1) is 0 Å². The summed E-state index contributed by atoms with van der Waals surface area (Å²) in [7, 11) is 0. The lowest BCUT2D eigenvalue weighted by Crippen LogP contribution is -2.47. The van der Waals surface area contributed by atoms with Crippen LogP contribution in [0.1, 0.15) is 60.3 Å². The molecule has 1 aliphatic rings. The average molecular weight is 210 g/mol. The molecule has 1 rings (SSSR count). The Bertz CT molecular complexity index is 231. The molecule has 88 valence electrons. The summed E-state index contributed by atoms with van der Waals surface area (Å²) in [5.41, 5.74) is 0.413. The molecule has 1 aliphatic carbocycles. The summed E-state index contributed by atoms with van der Waals surface area (Å²) in [5, 5.41) is 0. The molecule has 0 aromatic heterocycles. The SMILES string of the molecule is CCCC1(C)CC[C@@H](C)C(C)(C)[C@@H]1C=O. The molecular formula is C14H26O. The van der Waals surface area contributed by atoms with Crippen LogP contribution in [-0.4, -0.2) is 6.29 Å². The quantitative estimate of drug-likeness (QED) is 0.642. The summed E-state index contributed by atoms with van der Waals surface area (Å²) in [5.74, 6) is 0.895. The number of rotatable bonds is 3. The van der Waals surface area contributed by atoms with Gasteiger partial charge in [-0.1, -0.05) is 41.0 Å². The van der Waals surface area contributed by atoms with E-state index in [0.717, 1.165) is 0 Å². The summed E-state index contributed by atoms with van der Waals surface area (Å²) in [6, 6.07) is 0. The van der Waals surface area contributed by atoms with Gasteiger partial charge in [0.25, 0.3) is 0 Å². The fraction of sp³-hybridized carbons (Fsp3) is 0.929. The van der Waals surface area contributed by atoms with Crippen LogP contribution in [0.4, 0.5) is 0 Å². The van der Waals surface area contributed by atoms with Crippen molar-refractivity contribution in [2.24, 2.45) is 22.7 Å². The van der Waals surface area contributed by atoms with Gasteiger partial charge < -0.3 is 4.79 Å². The number of carbonyl (C=O) groups excluding carboxylic acids is 1. The highest BCUT2D eigenvalue weighted by atomic mass is 16.1. The van der Waals surface area contributed by atoms with Gasteiger partial charge in [-0.25, -0.2) is 0 Å². The third-order valence-electron chi connectivity index (χ3n) is 4.93. The van der Waals surface area contributed by atoms with Crippen LogP contribution in [0.25, 0.3) is 0 Å². The van der Waals surface area contributed by atoms with Gasteiger partial charge in [-0.3, -0.25) is 0 Å². The molecule has 1 nitrogen and oxygen atoms in total. The monoisotopic (exact) mass is 210 g/mol. The molecule has 0 bridgehead atoms. The first-order valence-corrected chi connectivity index (χ1v) is 6.33. The maximum atomic E-state index is 11.4. The van der Waals surface area contributed by atoms with E-state index in [4.69, 9.17) is 0 Å². The Kier molecular flexibility index (Phi) is 3.63. The van der Waals surface area contributed by atoms with E-state index in [1.54, 1.807) is 0 Å². The molecule has 0 heterocycles. The van der Waals surface area contributed by atoms with Gasteiger partial charge in [0, 0.05) is 5.92 Å². The molecule has 1 saturated carbocycles. The predicted molar refractivity (Wildman–Crippen MR) is 64.7 cm³/mol. The molecule has 15 heavy (non-hydrogen) atoms. The summed E-state index contributed by atoms with van der Waals surface area (Å²) in [6.07, 6.45) is 6.09. The summed E-state index contributed by atoms with van der Waals surface area (Å²) in [6.45, 7) is 11.4. The number of aldehydes is 1. The zero-order valence-corrected chi connectivity index (χ0v) is 11.0. The van der Waals surface area contributed by atoms with Crippen LogP contribution in [-0.2, 0) is 4.79 Å². The van der Waals surface area contributed by atoms with Gasteiger partial charge in [0.15, 0.2) is 0 Å². The van der Waals surface area contributed by atoms with Crippen LogP contribution < -0.4 is 0 Å². The Morgan fingerprint density at radius 1 is 1.33 bits per heavy atom. The molecule has 0 aliphatic heterocycles. The highest BCUT2D eigenvalue weighted by Crippen LogP contribution is 2.54. The van der Waals surface area contributed by atoms with Gasteiger partial charge in [0.2, 0.25) is 0 Å². The number of carbonyl (C=O) groups is 1. The van der Waals surface area contributed by atoms with Crippen LogP contribution in [0.2, 0.25) is 0 Å². The first-order valence-electron chi connectivity index (χ1n) is 6.33. The number of hydrogen-bond donors (Lipinski definition) is 0. The van der Waals surface area contributed by atoms with Crippen LogP contribution >= 0.6 is 0 Å². The van der Waals surface area contributed by atoms with Crippen molar-refractivity contribution in [1.29, 1.82) is 0 Å². The second kappa shape index (κ2) is 4.27. The summed E-state index contributed by atoms with van der Waals surface area (Å²) < 4.78 is 0. The predicted octanol–water partition coefficient (Wildman–Crippen LogP) is 4.06. The molecular weight excluding hydrogens is 184 g/mol. The lowest BCUT2D eigenvalue weighted by molar-refractivity contribution is -0.127. The lowest BCUT2D eigenvalue weighted by atomic mass is 9.52. The smallest absolute Gasteiger partial charge is 0.124 e. The largest absolute Gasteiger partial charge is 0.303 e. The van der Waals surface area contributed by atoms with Crippen LogP contribution in [0.5, 0.6) is 0 Å². The third-order valence-corrected chi connectivity index (χ3v) is 4.93. The van der Waals surface area contributed by atoms with Crippen molar-refractivity contribution in [1.82, 2.24) is 0 Å². The second-order valence-electron chi connectivity index (χ2n) is 6.28. The molecule has 0 amide bonds. The zero-order valence-electron chi connectivity index (χ0n) is 11.0. The molecule has 0 aromatic rings. The molecule has 3 atom stereocenters. The third kappa shape index (κ3) is 2.11. The first kappa shape index (κ1) is 12.7. The van der Waals surface area contributed by atoms with Crippen molar-refractivity contribution >= 4 is 6.29 Å². The van der Waals surface area contributed by atoms with E-state index in [1.807, 2.05) is 0 Å². The van der Waals surface area contributed by atoms with E-state index in [-0.39, 0.29) is 16.7 Å². The second-order valence-corrected chi connectivity index (χ2v) is 6.28. The Morgan fingerprint density at radius 2 is 1.93 bits per heavy atom. The lowest BCUT2D eigenvalue weighted by Gasteiger charge is -2.52. The van der Waals surface area contributed by atoms with E-state index in [9.17, 15) is 4.79 Å². The standard InChI is InChI=1S/C14H26O/c1-6-8-14(5)9-7-11(2)13(3,4)12(14)10-15/h10-12H,6-9H2,1-5H3/t11-,12+,14?/m1/s1. The minimum Gasteiger partial charge on any atom is -0.303 e. The highest BCUT2D eigenvalue weighted by Gasteiger charge is 2.48. The van der Waals surface area contributed by atoms with E-state index in [1.165, 1.54) is 32.0 Å². The van der Waals surface area contributed by atoms with Crippen molar-refractivity contribution in [3.05, 3.63) is 0 Å². The molecule has 1 heteroatoms. The minimum atomic E-state index is 0.171. The van der Waals surface area contributed by atoms with Crippen molar-refractivity contribution in [2.45, 2.75) is 60.3 Å². The van der Waals surface area contributed by atoms with E-state index in [0.29, 0.717) is 5.92 Å². The van der Waals surface area contributed by atoms with Gasteiger partial charge >= 0.3 is 0 Å². The van der Waals surface area contributed by atoms with Crippen LogP contribution in [0.3, 0.4) is 0 Å². The molecule has 0 N–H and O–H groups in total. The molecule has 0 aromatic carbocycles. The van der Waals surface area contributed by atoms with Crippen LogP contribution in [0.15, 0.2) is 0 Å². The Hall–Kier alpha value is -0.330. The van der Waals surface area contributed by atoms with Crippen molar-refractivity contribution in [2.75, 3.05) is 0 Å². The van der Waals surface area contributed by atoms with Gasteiger partial charge in [-0.05, 0) is 36.0 Å². The fourth-order valence-electron chi connectivity index (χ4n) is 3.47. The molecule has 0 spiro atoms. The van der Waals surface area contributed by atoms with Gasteiger partial charge in [-0.2, -0.15) is 0 Å². The molecule has 1 fully saturated rings. The van der Waals surface area contributed by atoms with Gasteiger partial charge in [0.1, 0.15) is 6.29 Å². The summed E-state index contributed by atoms with van der Waals surface area (Å²) >= 11 is 0. The zero-order chi connectivity index (χ0) is 11.7. The average Bonchev–Trinajstić information content (AvgIpc) is 2.13.